The maximum Gasteiger partial charge on any atom is 0.343 e. The SMILES string of the molecule is CCc1ccc(-c2ccc(-c3ccc(C(=O)Oc4ccc(C5CO5)c(F)c4F)cc3)c(F)c2F)cc1. The standard InChI is InChI=1S/C29H20F4O3/c1-2-16-3-5-17(6-4-16)20-11-12-21(26(31)25(20)30)18-7-9-19(10-8-18)29(34)36-23-14-13-22(24-15-35-24)27(32)28(23)33/h3-14,24H,2,15H2,1H3. The summed E-state index contributed by atoms with van der Waals surface area (Å²) in [5.74, 6) is -5.87. The molecule has 1 unspecified atom stereocenters. The van der Waals surface area contributed by atoms with Crippen molar-refractivity contribution in [3.8, 4) is 28.0 Å². The number of aryl methyl sites for hydroxylation is 1. The number of carbonyl (C=O) groups excluding carboxylic acids is 1. The number of esters is 1. The lowest BCUT2D eigenvalue weighted by atomic mass is 9.97. The summed E-state index contributed by atoms with van der Waals surface area (Å²) in [7, 11) is 0. The Hall–Kier alpha value is -3.97. The van der Waals surface area contributed by atoms with E-state index in [0.717, 1.165) is 18.1 Å². The highest BCUT2D eigenvalue weighted by Gasteiger charge is 2.30. The molecule has 0 saturated carbocycles. The molecular formula is C29H20F4O3. The Morgan fingerprint density at radius 2 is 1.33 bits per heavy atom. The number of rotatable bonds is 6. The van der Waals surface area contributed by atoms with Gasteiger partial charge in [0.25, 0.3) is 0 Å². The topological polar surface area (TPSA) is 38.8 Å². The highest BCUT2D eigenvalue weighted by molar-refractivity contribution is 5.91. The average molecular weight is 492 g/mol. The van der Waals surface area contributed by atoms with Crippen LogP contribution in [0.15, 0.2) is 72.8 Å². The van der Waals surface area contributed by atoms with E-state index in [2.05, 4.69) is 0 Å². The fraction of sp³-hybridized carbons (Fsp3) is 0.138. The Labute approximate surface area is 204 Å². The molecule has 7 heteroatoms. The van der Waals surface area contributed by atoms with Crippen LogP contribution in [0.2, 0.25) is 0 Å². The molecule has 4 aromatic carbocycles. The van der Waals surface area contributed by atoms with Crippen molar-refractivity contribution in [2.45, 2.75) is 19.4 Å². The van der Waals surface area contributed by atoms with Crippen LogP contribution in [0.4, 0.5) is 17.6 Å². The molecular weight excluding hydrogens is 472 g/mol. The summed E-state index contributed by atoms with van der Waals surface area (Å²) in [6.07, 6.45) is 0.353. The van der Waals surface area contributed by atoms with Gasteiger partial charge in [-0.15, -0.1) is 0 Å². The summed E-state index contributed by atoms with van der Waals surface area (Å²) in [5, 5.41) is 0. The number of carbonyl (C=O) groups is 1. The number of halogens is 4. The first kappa shape index (κ1) is 23.8. The molecule has 0 spiro atoms. The maximum absolute atomic E-state index is 14.9. The van der Waals surface area contributed by atoms with E-state index in [9.17, 15) is 22.4 Å². The van der Waals surface area contributed by atoms with Crippen LogP contribution in [0.25, 0.3) is 22.3 Å². The molecule has 0 aliphatic carbocycles. The maximum atomic E-state index is 14.9. The Balaban J connectivity index is 1.35. The van der Waals surface area contributed by atoms with Crippen molar-refractivity contribution >= 4 is 5.97 Å². The summed E-state index contributed by atoms with van der Waals surface area (Å²) < 4.78 is 68.3. The lowest BCUT2D eigenvalue weighted by Crippen LogP contribution is -2.10. The highest BCUT2D eigenvalue weighted by atomic mass is 19.2. The molecule has 1 aliphatic rings. The number of hydrogen-bond acceptors (Lipinski definition) is 3. The monoisotopic (exact) mass is 492 g/mol. The van der Waals surface area contributed by atoms with Gasteiger partial charge in [0.2, 0.25) is 5.82 Å². The predicted molar refractivity (Wildman–Crippen MR) is 127 cm³/mol. The normalized spacial score (nSPS) is 14.5. The molecule has 0 aromatic heterocycles. The fourth-order valence-corrected chi connectivity index (χ4v) is 3.96. The second kappa shape index (κ2) is 9.59. The van der Waals surface area contributed by atoms with Crippen LogP contribution >= 0.6 is 0 Å². The van der Waals surface area contributed by atoms with Crippen molar-refractivity contribution < 1.29 is 31.8 Å². The van der Waals surface area contributed by atoms with Gasteiger partial charge in [-0.05, 0) is 47.4 Å². The van der Waals surface area contributed by atoms with Crippen molar-refractivity contribution in [2.24, 2.45) is 0 Å². The van der Waals surface area contributed by atoms with E-state index in [0.29, 0.717) is 17.7 Å². The molecule has 4 aromatic rings. The third-order valence-electron chi connectivity index (χ3n) is 6.15. The Morgan fingerprint density at radius 1 is 0.778 bits per heavy atom. The van der Waals surface area contributed by atoms with Crippen LogP contribution in [0, 0.1) is 23.3 Å². The second-order valence-electron chi connectivity index (χ2n) is 8.41. The number of ether oxygens (including phenoxy) is 2. The van der Waals surface area contributed by atoms with Crippen molar-refractivity contribution in [1.29, 1.82) is 0 Å². The number of epoxide rings is 1. The summed E-state index contributed by atoms with van der Waals surface area (Å²) in [5.41, 5.74) is 2.25. The molecule has 0 radical (unpaired) electrons. The van der Waals surface area contributed by atoms with Crippen molar-refractivity contribution in [2.75, 3.05) is 6.61 Å². The third-order valence-corrected chi connectivity index (χ3v) is 6.15. The largest absolute Gasteiger partial charge is 0.420 e. The van der Waals surface area contributed by atoms with Crippen molar-refractivity contribution in [1.82, 2.24) is 0 Å². The van der Waals surface area contributed by atoms with Gasteiger partial charge in [-0.3, -0.25) is 0 Å². The minimum atomic E-state index is -1.28. The van der Waals surface area contributed by atoms with Gasteiger partial charge >= 0.3 is 5.97 Å². The van der Waals surface area contributed by atoms with Gasteiger partial charge in [0.15, 0.2) is 23.2 Å². The molecule has 1 heterocycles. The smallest absolute Gasteiger partial charge is 0.343 e. The van der Waals surface area contributed by atoms with Crippen LogP contribution < -0.4 is 4.74 Å². The first-order valence-electron chi connectivity index (χ1n) is 11.4. The van der Waals surface area contributed by atoms with Gasteiger partial charge in [-0.2, -0.15) is 4.39 Å². The minimum absolute atomic E-state index is 0.0207. The van der Waals surface area contributed by atoms with E-state index in [1.54, 1.807) is 12.1 Å². The van der Waals surface area contributed by atoms with Crippen LogP contribution in [-0.4, -0.2) is 12.6 Å². The van der Waals surface area contributed by atoms with Crippen LogP contribution in [-0.2, 0) is 11.2 Å². The number of benzene rings is 4. The Morgan fingerprint density at radius 3 is 1.86 bits per heavy atom. The van der Waals surface area contributed by atoms with Crippen molar-refractivity contribution in [3.05, 3.63) is 113 Å². The molecule has 182 valence electrons. The molecule has 36 heavy (non-hydrogen) atoms. The van der Waals surface area contributed by atoms with Gasteiger partial charge in [0, 0.05) is 16.7 Å². The zero-order valence-electron chi connectivity index (χ0n) is 19.2. The summed E-state index contributed by atoms with van der Waals surface area (Å²) >= 11 is 0. The molecule has 1 atom stereocenters. The summed E-state index contributed by atoms with van der Waals surface area (Å²) in [4.78, 5) is 12.5. The van der Waals surface area contributed by atoms with Crippen molar-refractivity contribution in [3.63, 3.8) is 0 Å². The van der Waals surface area contributed by atoms with Crippen LogP contribution in [0.3, 0.4) is 0 Å². The van der Waals surface area contributed by atoms with Gasteiger partial charge < -0.3 is 9.47 Å². The van der Waals surface area contributed by atoms with E-state index >= 15 is 0 Å². The van der Waals surface area contributed by atoms with E-state index in [1.165, 1.54) is 42.5 Å². The van der Waals surface area contributed by atoms with Crippen LogP contribution in [0.5, 0.6) is 5.75 Å². The van der Waals surface area contributed by atoms with Gasteiger partial charge in [-0.1, -0.05) is 55.5 Å². The van der Waals surface area contributed by atoms with E-state index in [1.807, 2.05) is 19.1 Å². The van der Waals surface area contributed by atoms with E-state index < -0.39 is 41.1 Å². The second-order valence-corrected chi connectivity index (χ2v) is 8.41. The minimum Gasteiger partial charge on any atom is -0.420 e. The first-order chi connectivity index (χ1) is 17.4. The lowest BCUT2D eigenvalue weighted by molar-refractivity contribution is 0.0726. The quantitative estimate of drug-likeness (QED) is 0.122. The Kier molecular flexibility index (Phi) is 6.33. The fourth-order valence-electron chi connectivity index (χ4n) is 3.96. The molecule has 5 rings (SSSR count). The van der Waals surface area contributed by atoms with Crippen LogP contribution in [0.1, 0.15) is 34.5 Å². The molecule has 3 nitrogen and oxygen atoms in total. The predicted octanol–water partition coefficient (Wildman–Crippen LogP) is 7.43. The van der Waals surface area contributed by atoms with Gasteiger partial charge in [-0.25, -0.2) is 18.0 Å². The molecule has 0 bridgehead atoms. The highest BCUT2D eigenvalue weighted by Crippen LogP contribution is 2.35. The molecule has 1 saturated heterocycles. The first-order valence-corrected chi connectivity index (χ1v) is 11.4. The third kappa shape index (κ3) is 4.50. The molecule has 1 aliphatic heterocycles. The zero-order chi connectivity index (χ0) is 25.4. The average Bonchev–Trinajstić information content (AvgIpc) is 3.74. The lowest BCUT2D eigenvalue weighted by Gasteiger charge is -2.11. The molecule has 0 N–H and O–H groups in total. The summed E-state index contributed by atoms with van der Waals surface area (Å²) in [6.45, 7) is 2.32. The van der Waals surface area contributed by atoms with E-state index in [-0.39, 0.29) is 22.3 Å². The summed E-state index contributed by atoms with van der Waals surface area (Å²) in [6, 6.07) is 18.2. The van der Waals surface area contributed by atoms with Gasteiger partial charge in [0.1, 0.15) is 6.10 Å². The Bertz CT molecular complexity index is 1440. The molecule has 1 fully saturated rings. The van der Waals surface area contributed by atoms with E-state index in [4.69, 9.17) is 9.47 Å². The molecule has 0 amide bonds. The number of hydrogen-bond donors (Lipinski definition) is 0. The van der Waals surface area contributed by atoms with Gasteiger partial charge in [0.05, 0.1) is 12.2 Å². The zero-order valence-corrected chi connectivity index (χ0v) is 19.2.